The summed E-state index contributed by atoms with van der Waals surface area (Å²) in [5.41, 5.74) is 0.219. The first kappa shape index (κ1) is 16.0. The summed E-state index contributed by atoms with van der Waals surface area (Å²) in [6.07, 6.45) is 5.24. The van der Waals surface area contributed by atoms with Gasteiger partial charge in [0.1, 0.15) is 0 Å². The van der Waals surface area contributed by atoms with Gasteiger partial charge in [0.15, 0.2) is 0 Å². The van der Waals surface area contributed by atoms with Gasteiger partial charge in [-0.15, -0.1) is 0 Å². The van der Waals surface area contributed by atoms with E-state index in [4.69, 9.17) is 5.11 Å². The van der Waals surface area contributed by atoms with Crippen molar-refractivity contribution in [1.82, 2.24) is 5.32 Å². The van der Waals surface area contributed by atoms with E-state index in [1.54, 1.807) is 13.8 Å². The lowest BCUT2D eigenvalue weighted by atomic mass is 9.67. The highest BCUT2D eigenvalue weighted by atomic mass is 16.4. The van der Waals surface area contributed by atoms with E-state index in [9.17, 15) is 9.59 Å². The minimum Gasteiger partial charge on any atom is -0.481 e. The van der Waals surface area contributed by atoms with Gasteiger partial charge in [0, 0.05) is 12.5 Å². The van der Waals surface area contributed by atoms with E-state index in [0.29, 0.717) is 12.3 Å². The van der Waals surface area contributed by atoms with E-state index in [1.165, 1.54) is 19.3 Å². The molecule has 0 heterocycles. The van der Waals surface area contributed by atoms with Gasteiger partial charge in [0.25, 0.3) is 0 Å². The number of rotatable bonds is 5. The average Bonchev–Trinajstić information content (AvgIpc) is 2.30. The van der Waals surface area contributed by atoms with Gasteiger partial charge in [-0.25, -0.2) is 0 Å². The van der Waals surface area contributed by atoms with Crippen LogP contribution in [0.2, 0.25) is 0 Å². The maximum absolute atomic E-state index is 12.0. The highest BCUT2D eigenvalue weighted by Gasteiger charge is 2.34. The fourth-order valence-electron chi connectivity index (χ4n) is 2.82. The Labute approximate surface area is 116 Å². The van der Waals surface area contributed by atoms with Crippen molar-refractivity contribution in [3.05, 3.63) is 0 Å². The highest BCUT2D eigenvalue weighted by Crippen LogP contribution is 2.42. The van der Waals surface area contributed by atoms with E-state index in [-0.39, 0.29) is 17.4 Å². The molecule has 1 rings (SSSR count). The molecular weight excluding hydrogens is 242 g/mol. The molecule has 2 N–H and O–H groups in total. The molecule has 110 valence electrons. The predicted molar refractivity (Wildman–Crippen MR) is 74.8 cm³/mol. The largest absolute Gasteiger partial charge is 0.481 e. The van der Waals surface area contributed by atoms with Crippen LogP contribution in [-0.4, -0.2) is 23.0 Å². The lowest BCUT2D eigenvalue weighted by molar-refractivity contribution is -0.142. The number of carboxylic acids is 1. The molecule has 1 aliphatic carbocycles. The third kappa shape index (κ3) is 4.51. The molecule has 0 aromatic carbocycles. The number of aliphatic carboxylic acids is 1. The maximum Gasteiger partial charge on any atom is 0.308 e. The first-order chi connectivity index (χ1) is 8.74. The Morgan fingerprint density at radius 2 is 1.95 bits per heavy atom. The standard InChI is InChI=1S/C15H27NO3/c1-10(14(18)19)11(2)16-13(17)9-12-7-5-6-8-15(12,3)4/h10-12H,5-9H2,1-4H3,(H,16,17)(H,18,19). The van der Waals surface area contributed by atoms with E-state index in [1.807, 2.05) is 0 Å². The van der Waals surface area contributed by atoms with Crippen LogP contribution in [0.3, 0.4) is 0 Å². The van der Waals surface area contributed by atoms with E-state index >= 15 is 0 Å². The lowest BCUT2D eigenvalue weighted by Gasteiger charge is -2.38. The summed E-state index contributed by atoms with van der Waals surface area (Å²) in [7, 11) is 0. The first-order valence-corrected chi connectivity index (χ1v) is 7.26. The van der Waals surface area contributed by atoms with Crippen molar-refractivity contribution >= 4 is 11.9 Å². The molecule has 1 saturated carbocycles. The summed E-state index contributed by atoms with van der Waals surface area (Å²) in [6.45, 7) is 7.83. The van der Waals surface area contributed by atoms with Crippen LogP contribution in [0.1, 0.15) is 59.8 Å². The fourth-order valence-corrected chi connectivity index (χ4v) is 2.82. The van der Waals surface area contributed by atoms with Crippen LogP contribution in [-0.2, 0) is 9.59 Å². The number of carbonyl (C=O) groups is 2. The molecule has 1 aliphatic rings. The molecule has 0 bridgehead atoms. The predicted octanol–water partition coefficient (Wildman–Crippen LogP) is 2.82. The van der Waals surface area contributed by atoms with Gasteiger partial charge in [0.2, 0.25) is 5.91 Å². The van der Waals surface area contributed by atoms with Crippen molar-refractivity contribution < 1.29 is 14.7 Å². The van der Waals surface area contributed by atoms with E-state index in [0.717, 1.165) is 6.42 Å². The van der Waals surface area contributed by atoms with Gasteiger partial charge in [-0.05, 0) is 38.0 Å². The Morgan fingerprint density at radius 3 is 2.47 bits per heavy atom. The molecule has 3 unspecified atom stereocenters. The molecule has 0 spiro atoms. The maximum atomic E-state index is 12.0. The van der Waals surface area contributed by atoms with Gasteiger partial charge >= 0.3 is 5.97 Å². The van der Waals surface area contributed by atoms with Crippen molar-refractivity contribution in [2.24, 2.45) is 17.3 Å². The molecule has 1 amide bonds. The van der Waals surface area contributed by atoms with E-state index in [2.05, 4.69) is 19.2 Å². The van der Waals surface area contributed by atoms with Crippen molar-refractivity contribution in [2.75, 3.05) is 0 Å². The molecule has 0 saturated heterocycles. The number of hydrogen-bond acceptors (Lipinski definition) is 2. The molecule has 0 aliphatic heterocycles. The van der Waals surface area contributed by atoms with Crippen LogP contribution in [0.5, 0.6) is 0 Å². The Morgan fingerprint density at radius 1 is 1.32 bits per heavy atom. The average molecular weight is 269 g/mol. The van der Waals surface area contributed by atoms with Crippen LogP contribution in [0, 0.1) is 17.3 Å². The summed E-state index contributed by atoms with van der Waals surface area (Å²) in [5.74, 6) is -1.02. The SMILES string of the molecule is CC(NC(=O)CC1CCCCC1(C)C)C(C)C(=O)O. The van der Waals surface area contributed by atoms with Gasteiger partial charge in [-0.2, -0.15) is 0 Å². The molecule has 0 aromatic rings. The van der Waals surface area contributed by atoms with Crippen LogP contribution >= 0.6 is 0 Å². The number of hydrogen-bond donors (Lipinski definition) is 2. The topological polar surface area (TPSA) is 66.4 Å². The number of carbonyl (C=O) groups excluding carboxylic acids is 1. The normalized spacial score (nSPS) is 25.4. The molecule has 3 atom stereocenters. The Bertz CT molecular complexity index is 338. The van der Waals surface area contributed by atoms with Crippen LogP contribution in [0.15, 0.2) is 0 Å². The van der Waals surface area contributed by atoms with Crippen molar-refractivity contribution in [3.8, 4) is 0 Å². The fraction of sp³-hybridized carbons (Fsp3) is 0.867. The lowest BCUT2D eigenvalue weighted by Crippen LogP contribution is -2.42. The Kier molecular flexibility index (Phi) is 5.39. The van der Waals surface area contributed by atoms with Gasteiger partial charge in [-0.1, -0.05) is 26.7 Å². The minimum absolute atomic E-state index is 0.0134. The van der Waals surface area contributed by atoms with E-state index < -0.39 is 11.9 Å². The molecule has 0 radical (unpaired) electrons. The number of nitrogens with one attached hydrogen (secondary N) is 1. The number of carboxylic acid groups (broad SMARTS) is 1. The van der Waals surface area contributed by atoms with Crippen LogP contribution in [0.4, 0.5) is 0 Å². The molecule has 4 heteroatoms. The van der Waals surface area contributed by atoms with Crippen molar-refractivity contribution in [2.45, 2.75) is 65.8 Å². The first-order valence-electron chi connectivity index (χ1n) is 7.26. The quantitative estimate of drug-likeness (QED) is 0.806. The molecule has 1 fully saturated rings. The molecule has 19 heavy (non-hydrogen) atoms. The third-order valence-corrected chi connectivity index (χ3v) is 4.69. The summed E-state index contributed by atoms with van der Waals surface area (Å²) in [6, 6.07) is -0.322. The van der Waals surface area contributed by atoms with Crippen molar-refractivity contribution in [1.29, 1.82) is 0 Å². The number of amides is 1. The second-order valence-corrected chi connectivity index (χ2v) is 6.62. The zero-order valence-electron chi connectivity index (χ0n) is 12.5. The Hall–Kier alpha value is -1.06. The molecule has 0 aromatic heterocycles. The molecule has 4 nitrogen and oxygen atoms in total. The summed E-state index contributed by atoms with van der Waals surface area (Å²) in [5, 5.41) is 11.7. The smallest absolute Gasteiger partial charge is 0.308 e. The third-order valence-electron chi connectivity index (χ3n) is 4.69. The van der Waals surface area contributed by atoms with Gasteiger partial charge in [0.05, 0.1) is 5.92 Å². The zero-order chi connectivity index (χ0) is 14.6. The van der Waals surface area contributed by atoms with Gasteiger partial charge < -0.3 is 10.4 Å². The van der Waals surface area contributed by atoms with Crippen LogP contribution < -0.4 is 5.32 Å². The minimum atomic E-state index is -0.870. The van der Waals surface area contributed by atoms with Gasteiger partial charge in [-0.3, -0.25) is 9.59 Å². The summed E-state index contributed by atoms with van der Waals surface area (Å²) >= 11 is 0. The summed E-state index contributed by atoms with van der Waals surface area (Å²) < 4.78 is 0. The monoisotopic (exact) mass is 269 g/mol. The Balaban J connectivity index is 2.48. The highest BCUT2D eigenvalue weighted by molar-refractivity contribution is 5.78. The van der Waals surface area contributed by atoms with Crippen LogP contribution in [0.25, 0.3) is 0 Å². The summed E-state index contributed by atoms with van der Waals surface area (Å²) in [4.78, 5) is 22.9. The second kappa shape index (κ2) is 6.40. The molecular formula is C15H27NO3. The second-order valence-electron chi connectivity index (χ2n) is 6.62. The zero-order valence-corrected chi connectivity index (χ0v) is 12.5. The van der Waals surface area contributed by atoms with Crippen molar-refractivity contribution in [3.63, 3.8) is 0 Å².